The molecule has 0 aliphatic heterocycles. The molecule has 4 aromatic rings. The minimum absolute atomic E-state index is 0.186. The smallest absolute Gasteiger partial charge is 0.252 e. The van der Waals surface area contributed by atoms with E-state index in [9.17, 15) is 5.11 Å². The third kappa shape index (κ3) is 2.96. The molecule has 0 amide bonds. The van der Waals surface area contributed by atoms with Gasteiger partial charge in [-0.15, -0.1) is 0 Å². The van der Waals surface area contributed by atoms with Crippen molar-refractivity contribution in [1.82, 2.24) is 19.6 Å². The number of fused-ring (bicyclic) bond motifs is 2. The number of ether oxygens (including phenoxy) is 1. The molecule has 1 aliphatic rings. The van der Waals surface area contributed by atoms with E-state index in [0.29, 0.717) is 12.2 Å². The van der Waals surface area contributed by atoms with Crippen LogP contribution < -0.4 is 4.74 Å². The Balaban J connectivity index is 1.66. The molecule has 2 unspecified atom stereocenters. The van der Waals surface area contributed by atoms with Crippen molar-refractivity contribution >= 4 is 5.78 Å². The van der Waals surface area contributed by atoms with Crippen LogP contribution >= 0.6 is 0 Å². The van der Waals surface area contributed by atoms with E-state index in [0.717, 1.165) is 40.2 Å². The lowest BCUT2D eigenvalue weighted by atomic mass is 9.79. The van der Waals surface area contributed by atoms with Crippen LogP contribution in [0.2, 0.25) is 0 Å². The molecule has 2 aromatic heterocycles. The van der Waals surface area contributed by atoms with E-state index in [1.54, 1.807) is 11.6 Å². The number of aryl methyl sites for hydroxylation is 1. The van der Waals surface area contributed by atoms with Crippen LogP contribution in [0.1, 0.15) is 40.8 Å². The Hall–Kier alpha value is -3.25. The van der Waals surface area contributed by atoms with Crippen LogP contribution in [-0.4, -0.2) is 31.8 Å². The zero-order valence-corrected chi connectivity index (χ0v) is 16.4. The van der Waals surface area contributed by atoms with Crippen molar-refractivity contribution in [2.45, 2.75) is 31.8 Å². The second kappa shape index (κ2) is 6.97. The number of aliphatic hydroxyl groups is 1. The third-order valence-electron chi connectivity index (χ3n) is 5.81. The Morgan fingerprint density at radius 3 is 2.66 bits per heavy atom. The van der Waals surface area contributed by atoms with E-state index >= 15 is 0 Å². The molecule has 2 aromatic carbocycles. The molecular formula is C23H22N4O2. The molecule has 5 rings (SSSR count). The lowest BCUT2D eigenvalue weighted by molar-refractivity contribution is 0.146. The quantitative estimate of drug-likeness (QED) is 0.579. The Labute approximate surface area is 168 Å². The average molecular weight is 386 g/mol. The molecule has 0 saturated carbocycles. The van der Waals surface area contributed by atoms with E-state index in [-0.39, 0.29) is 5.92 Å². The first kappa shape index (κ1) is 17.8. The molecule has 0 radical (unpaired) electrons. The monoisotopic (exact) mass is 386 g/mol. The molecule has 0 fully saturated rings. The lowest BCUT2D eigenvalue weighted by Gasteiger charge is -2.30. The molecule has 6 nitrogen and oxygen atoms in total. The number of benzene rings is 2. The van der Waals surface area contributed by atoms with Crippen LogP contribution in [0.4, 0.5) is 0 Å². The SMILES string of the molecule is COc1ccc(C2Cc3nc4ncnn4c(-c4ccccc4C)c3C(O)C2)cc1. The van der Waals surface area contributed by atoms with Gasteiger partial charge in [0.25, 0.3) is 5.78 Å². The Kier molecular flexibility index (Phi) is 4.28. The molecule has 2 heterocycles. The van der Waals surface area contributed by atoms with Crippen LogP contribution in [0.25, 0.3) is 17.0 Å². The summed E-state index contributed by atoms with van der Waals surface area (Å²) in [7, 11) is 1.66. The number of aromatic nitrogens is 4. The van der Waals surface area contributed by atoms with Crippen molar-refractivity contribution in [1.29, 1.82) is 0 Å². The largest absolute Gasteiger partial charge is 0.497 e. The molecule has 6 heteroatoms. The van der Waals surface area contributed by atoms with E-state index < -0.39 is 6.10 Å². The Bertz CT molecular complexity index is 1180. The maximum absolute atomic E-state index is 11.2. The standard InChI is InChI=1S/C23H22N4O2/c1-14-5-3-4-6-18(14)22-21-19(26-23-24-13-25-27(22)23)11-16(12-20(21)28)15-7-9-17(29-2)10-8-15/h3-10,13,16,20,28H,11-12H2,1-2H3. The second-order valence-corrected chi connectivity index (χ2v) is 7.53. The Morgan fingerprint density at radius 2 is 1.90 bits per heavy atom. The van der Waals surface area contributed by atoms with Gasteiger partial charge in [0, 0.05) is 11.1 Å². The number of aliphatic hydroxyl groups excluding tert-OH is 1. The first-order chi connectivity index (χ1) is 14.2. The minimum Gasteiger partial charge on any atom is -0.497 e. The minimum atomic E-state index is -0.624. The molecular weight excluding hydrogens is 364 g/mol. The van der Waals surface area contributed by atoms with Crippen LogP contribution in [0.3, 0.4) is 0 Å². The summed E-state index contributed by atoms with van der Waals surface area (Å²) in [6.45, 7) is 2.07. The third-order valence-corrected chi connectivity index (χ3v) is 5.81. The van der Waals surface area contributed by atoms with Crippen LogP contribution in [-0.2, 0) is 6.42 Å². The van der Waals surface area contributed by atoms with E-state index in [1.165, 1.54) is 11.9 Å². The molecule has 29 heavy (non-hydrogen) atoms. The summed E-state index contributed by atoms with van der Waals surface area (Å²) >= 11 is 0. The summed E-state index contributed by atoms with van der Waals surface area (Å²) in [4.78, 5) is 9.09. The maximum Gasteiger partial charge on any atom is 0.252 e. The van der Waals surface area contributed by atoms with Crippen LogP contribution in [0, 0.1) is 6.92 Å². The summed E-state index contributed by atoms with van der Waals surface area (Å²) in [6.07, 6.45) is 2.28. The summed E-state index contributed by atoms with van der Waals surface area (Å²) < 4.78 is 7.02. The lowest BCUT2D eigenvalue weighted by Crippen LogP contribution is -2.22. The molecule has 0 bridgehead atoms. The summed E-state index contributed by atoms with van der Waals surface area (Å²) in [5.74, 6) is 1.58. The van der Waals surface area contributed by atoms with Gasteiger partial charge in [0.2, 0.25) is 0 Å². The van der Waals surface area contributed by atoms with Crippen molar-refractivity contribution < 1.29 is 9.84 Å². The van der Waals surface area contributed by atoms with Gasteiger partial charge >= 0.3 is 0 Å². The fraction of sp³-hybridized carbons (Fsp3) is 0.261. The summed E-state index contributed by atoms with van der Waals surface area (Å²) in [6, 6.07) is 16.2. The fourth-order valence-electron chi connectivity index (χ4n) is 4.34. The molecule has 1 N–H and O–H groups in total. The summed E-state index contributed by atoms with van der Waals surface area (Å²) in [5, 5.41) is 15.6. The molecule has 146 valence electrons. The van der Waals surface area contributed by atoms with Crippen molar-refractivity contribution in [2.75, 3.05) is 7.11 Å². The zero-order chi connectivity index (χ0) is 20.0. The van der Waals surface area contributed by atoms with Gasteiger partial charge in [-0.3, -0.25) is 0 Å². The predicted octanol–water partition coefficient (Wildman–Crippen LogP) is 3.87. The topological polar surface area (TPSA) is 72.5 Å². The van der Waals surface area contributed by atoms with Gasteiger partial charge in [0.1, 0.15) is 12.1 Å². The molecule has 2 atom stereocenters. The highest BCUT2D eigenvalue weighted by Crippen LogP contribution is 2.43. The zero-order valence-electron chi connectivity index (χ0n) is 16.4. The van der Waals surface area contributed by atoms with Crippen molar-refractivity contribution in [3.63, 3.8) is 0 Å². The predicted molar refractivity (Wildman–Crippen MR) is 110 cm³/mol. The first-order valence-electron chi connectivity index (χ1n) is 9.76. The number of methoxy groups -OCH3 is 1. The van der Waals surface area contributed by atoms with Gasteiger partial charge in [0.05, 0.1) is 24.6 Å². The van der Waals surface area contributed by atoms with E-state index in [2.05, 4.69) is 41.3 Å². The maximum atomic E-state index is 11.2. The number of nitrogens with zero attached hydrogens (tertiary/aromatic N) is 4. The van der Waals surface area contributed by atoms with Gasteiger partial charge in [-0.1, -0.05) is 36.4 Å². The van der Waals surface area contributed by atoms with Crippen LogP contribution in [0.5, 0.6) is 5.75 Å². The van der Waals surface area contributed by atoms with Crippen LogP contribution in [0.15, 0.2) is 54.9 Å². The number of rotatable bonds is 3. The van der Waals surface area contributed by atoms with Gasteiger partial charge in [-0.25, -0.2) is 4.98 Å². The van der Waals surface area contributed by atoms with Gasteiger partial charge in [-0.2, -0.15) is 14.6 Å². The average Bonchev–Trinajstić information content (AvgIpc) is 3.21. The van der Waals surface area contributed by atoms with E-state index in [1.807, 2.05) is 24.3 Å². The van der Waals surface area contributed by atoms with Crippen molar-refractivity contribution in [3.05, 3.63) is 77.2 Å². The normalized spacial score (nSPS) is 18.6. The molecule has 0 spiro atoms. The highest BCUT2D eigenvalue weighted by molar-refractivity contribution is 5.70. The van der Waals surface area contributed by atoms with Gasteiger partial charge in [-0.05, 0) is 48.9 Å². The highest BCUT2D eigenvalue weighted by atomic mass is 16.5. The first-order valence-corrected chi connectivity index (χ1v) is 9.76. The molecule has 0 saturated heterocycles. The fourth-order valence-corrected chi connectivity index (χ4v) is 4.34. The second-order valence-electron chi connectivity index (χ2n) is 7.53. The summed E-state index contributed by atoms with van der Waals surface area (Å²) in [5.41, 5.74) is 5.99. The van der Waals surface area contributed by atoms with Gasteiger partial charge in [0.15, 0.2) is 0 Å². The Morgan fingerprint density at radius 1 is 1.10 bits per heavy atom. The number of hydrogen-bond acceptors (Lipinski definition) is 5. The van der Waals surface area contributed by atoms with Gasteiger partial charge < -0.3 is 9.84 Å². The molecule has 1 aliphatic carbocycles. The highest BCUT2D eigenvalue weighted by Gasteiger charge is 2.32. The van der Waals surface area contributed by atoms with Crippen molar-refractivity contribution in [2.24, 2.45) is 0 Å². The van der Waals surface area contributed by atoms with E-state index in [4.69, 9.17) is 9.72 Å². The number of hydrogen-bond donors (Lipinski definition) is 1. The van der Waals surface area contributed by atoms with Crippen molar-refractivity contribution in [3.8, 4) is 17.0 Å².